The van der Waals surface area contributed by atoms with Crippen LogP contribution in [0.15, 0.2) is 46.9 Å². The van der Waals surface area contributed by atoms with Gasteiger partial charge in [-0.15, -0.1) is 0 Å². The van der Waals surface area contributed by atoms with Crippen LogP contribution in [0.25, 0.3) is 0 Å². The van der Waals surface area contributed by atoms with Crippen LogP contribution in [0.2, 0.25) is 0 Å². The zero-order valence-electron chi connectivity index (χ0n) is 12.7. The SMILES string of the molecule is COc1ccc(/C=N\NC(=O)CSc2ncccn2)c(OC)c1. The maximum atomic E-state index is 11.7. The Kier molecular flexibility index (Phi) is 6.37. The van der Waals surface area contributed by atoms with Gasteiger partial charge in [-0.3, -0.25) is 4.79 Å². The van der Waals surface area contributed by atoms with Crippen molar-refractivity contribution in [1.82, 2.24) is 15.4 Å². The fourth-order valence-electron chi connectivity index (χ4n) is 1.62. The van der Waals surface area contributed by atoms with E-state index in [-0.39, 0.29) is 11.7 Å². The molecule has 2 aromatic rings. The minimum absolute atomic E-state index is 0.182. The molecule has 1 aromatic heterocycles. The van der Waals surface area contributed by atoms with Crippen molar-refractivity contribution in [2.24, 2.45) is 5.10 Å². The lowest BCUT2D eigenvalue weighted by molar-refractivity contribution is -0.118. The van der Waals surface area contributed by atoms with Gasteiger partial charge in [0, 0.05) is 24.0 Å². The smallest absolute Gasteiger partial charge is 0.250 e. The Hall–Kier alpha value is -2.61. The van der Waals surface area contributed by atoms with Crippen molar-refractivity contribution in [3.8, 4) is 11.5 Å². The van der Waals surface area contributed by atoms with E-state index < -0.39 is 0 Å². The topological polar surface area (TPSA) is 85.7 Å². The van der Waals surface area contributed by atoms with Crippen molar-refractivity contribution in [1.29, 1.82) is 0 Å². The average molecular weight is 332 g/mol. The van der Waals surface area contributed by atoms with E-state index in [9.17, 15) is 4.79 Å². The molecular formula is C15H16N4O3S. The van der Waals surface area contributed by atoms with E-state index in [1.165, 1.54) is 18.0 Å². The molecule has 0 bridgehead atoms. The van der Waals surface area contributed by atoms with E-state index in [1.807, 2.05) is 0 Å². The van der Waals surface area contributed by atoms with E-state index in [1.54, 1.807) is 50.9 Å². The summed E-state index contributed by atoms with van der Waals surface area (Å²) in [5.41, 5.74) is 3.18. The van der Waals surface area contributed by atoms with Gasteiger partial charge in [-0.2, -0.15) is 5.10 Å². The van der Waals surface area contributed by atoms with Gasteiger partial charge in [-0.1, -0.05) is 11.8 Å². The molecule has 0 radical (unpaired) electrons. The van der Waals surface area contributed by atoms with Crippen molar-refractivity contribution in [2.45, 2.75) is 5.16 Å². The quantitative estimate of drug-likeness (QED) is 0.360. The Bertz CT molecular complexity index is 680. The van der Waals surface area contributed by atoms with Crippen LogP contribution in [0.4, 0.5) is 0 Å². The molecule has 2 rings (SSSR count). The number of hydrazone groups is 1. The Morgan fingerprint density at radius 2 is 2.09 bits per heavy atom. The van der Waals surface area contributed by atoms with Gasteiger partial charge in [0.2, 0.25) is 0 Å². The van der Waals surface area contributed by atoms with Crippen LogP contribution in [0.1, 0.15) is 5.56 Å². The fourth-order valence-corrected chi connectivity index (χ4v) is 2.22. The molecule has 0 saturated heterocycles. The van der Waals surface area contributed by atoms with E-state index >= 15 is 0 Å². The molecule has 8 heteroatoms. The summed E-state index contributed by atoms with van der Waals surface area (Å²) in [6.07, 6.45) is 4.77. The normalized spacial score (nSPS) is 10.5. The lowest BCUT2D eigenvalue weighted by atomic mass is 10.2. The number of nitrogens with zero attached hydrogens (tertiary/aromatic N) is 3. The number of methoxy groups -OCH3 is 2. The second-order valence-electron chi connectivity index (χ2n) is 4.22. The number of hydrogen-bond acceptors (Lipinski definition) is 7. The number of rotatable bonds is 7. The van der Waals surface area contributed by atoms with Crippen LogP contribution in [0.3, 0.4) is 0 Å². The van der Waals surface area contributed by atoms with Crippen molar-refractivity contribution >= 4 is 23.9 Å². The maximum absolute atomic E-state index is 11.7. The number of carbonyl (C=O) groups is 1. The van der Waals surface area contributed by atoms with Crippen molar-refractivity contribution < 1.29 is 14.3 Å². The van der Waals surface area contributed by atoms with Crippen molar-refractivity contribution in [3.05, 3.63) is 42.2 Å². The number of amides is 1. The predicted molar refractivity (Wildman–Crippen MR) is 88.0 cm³/mol. The number of aromatic nitrogens is 2. The zero-order valence-corrected chi connectivity index (χ0v) is 13.5. The minimum atomic E-state index is -0.244. The molecule has 0 spiro atoms. The molecule has 0 aliphatic rings. The second kappa shape index (κ2) is 8.74. The first-order chi connectivity index (χ1) is 11.2. The number of ether oxygens (including phenoxy) is 2. The van der Waals surface area contributed by atoms with E-state index in [4.69, 9.17) is 9.47 Å². The summed E-state index contributed by atoms with van der Waals surface area (Å²) in [6, 6.07) is 7.04. The Morgan fingerprint density at radius 3 is 2.78 bits per heavy atom. The number of hydrogen-bond donors (Lipinski definition) is 1. The first-order valence-corrected chi connectivity index (χ1v) is 7.65. The van der Waals surface area contributed by atoms with Gasteiger partial charge in [0.25, 0.3) is 5.91 Å². The van der Waals surface area contributed by atoms with Gasteiger partial charge in [-0.05, 0) is 18.2 Å². The summed E-state index contributed by atoms with van der Waals surface area (Å²) in [5.74, 6) is 1.23. The Balaban J connectivity index is 1.87. The highest BCUT2D eigenvalue weighted by Crippen LogP contribution is 2.22. The maximum Gasteiger partial charge on any atom is 0.250 e. The molecule has 23 heavy (non-hydrogen) atoms. The summed E-state index contributed by atoms with van der Waals surface area (Å²) >= 11 is 1.24. The molecule has 1 N–H and O–H groups in total. The number of nitrogens with one attached hydrogen (secondary N) is 1. The first kappa shape index (κ1) is 16.8. The minimum Gasteiger partial charge on any atom is -0.497 e. The number of thioether (sulfide) groups is 1. The molecule has 0 saturated carbocycles. The highest BCUT2D eigenvalue weighted by atomic mass is 32.2. The van der Waals surface area contributed by atoms with Crippen LogP contribution in [-0.2, 0) is 4.79 Å². The third-order valence-corrected chi connectivity index (χ3v) is 3.58. The van der Waals surface area contributed by atoms with Gasteiger partial charge in [0.1, 0.15) is 11.5 Å². The molecule has 120 valence electrons. The lowest BCUT2D eigenvalue weighted by Crippen LogP contribution is -2.19. The Labute approximate surface area is 138 Å². The van der Waals surface area contributed by atoms with E-state index in [2.05, 4.69) is 20.5 Å². The molecule has 1 amide bonds. The van der Waals surface area contributed by atoms with Gasteiger partial charge >= 0.3 is 0 Å². The van der Waals surface area contributed by atoms with Crippen molar-refractivity contribution in [3.63, 3.8) is 0 Å². The summed E-state index contributed by atoms with van der Waals surface area (Å²) in [5, 5.41) is 4.46. The van der Waals surface area contributed by atoms with Gasteiger partial charge in [0.05, 0.1) is 26.2 Å². The Morgan fingerprint density at radius 1 is 1.30 bits per heavy atom. The van der Waals surface area contributed by atoms with Crippen molar-refractivity contribution in [2.75, 3.05) is 20.0 Å². The first-order valence-electron chi connectivity index (χ1n) is 6.66. The molecule has 7 nitrogen and oxygen atoms in total. The van der Waals surface area contributed by atoms with Crippen LogP contribution >= 0.6 is 11.8 Å². The van der Waals surface area contributed by atoms with E-state index in [0.717, 1.165) is 5.56 Å². The van der Waals surface area contributed by atoms with Gasteiger partial charge in [0.15, 0.2) is 5.16 Å². The number of carbonyl (C=O) groups excluding carboxylic acids is 1. The summed E-state index contributed by atoms with van der Waals surface area (Å²) in [6.45, 7) is 0. The summed E-state index contributed by atoms with van der Waals surface area (Å²) < 4.78 is 10.4. The van der Waals surface area contributed by atoms with Crippen LogP contribution < -0.4 is 14.9 Å². The standard InChI is InChI=1S/C15H16N4O3S/c1-21-12-5-4-11(13(8-12)22-2)9-18-19-14(20)10-23-15-16-6-3-7-17-15/h3-9H,10H2,1-2H3,(H,19,20)/b18-9-. The largest absolute Gasteiger partial charge is 0.497 e. The highest BCUT2D eigenvalue weighted by Gasteiger charge is 2.04. The van der Waals surface area contributed by atoms with E-state index in [0.29, 0.717) is 16.7 Å². The predicted octanol–water partition coefficient (Wildman–Crippen LogP) is 1.74. The number of benzene rings is 1. The molecule has 0 aliphatic heterocycles. The zero-order chi connectivity index (χ0) is 16.5. The molecule has 0 aliphatic carbocycles. The summed E-state index contributed by atoms with van der Waals surface area (Å²) in [7, 11) is 3.14. The molecule has 0 unspecified atom stereocenters. The monoisotopic (exact) mass is 332 g/mol. The van der Waals surface area contributed by atoms with Crippen LogP contribution in [0.5, 0.6) is 11.5 Å². The third-order valence-electron chi connectivity index (χ3n) is 2.71. The molecule has 1 aromatic carbocycles. The third kappa shape index (κ3) is 5.26. The average Bonchev–Trinajstić information content (AvgIpc) is 2.61. The van der Waals surface area contributed by atoms with Gasteiger partial charge < -0.3 is 9.47 Å². The molecule has 0 fully saturated rings. The highest BCUT2D eigenvalue weighted by molar-refractivity contribution is 7.99. The van der Waals surface area contributed by atoms with Crippen LogP contribution in [0, 0.1) is 0 Å². The van der Waals surface area contributed by atoms with Gasteiger partial charge in [-0.25, -0.2) is 15.4 Å². The molecule has 1 heterocycles. The molecule has 0 atom stereocenters. The molecular weight excluding hydrogens is 316 g/mol. The lowest BCUT2D eigenvalue weighted by Gasteiger charge is -2.06. The summed E-state index contributed by atoms with van der Waals surface area (Å²) in [4.78, 5) is 19.8. The fraction of sp³-hybridized carbons (Fsp3) is 0.200. The second-order valence-corrected chi connectivity index (χ2v) is 5.16. The van der Waals surface area contributed by atoms with Crippen LogP contribution in [-0.4, -0.2) is 42.1 Å².